The minimum absolute atomic E-state index is 0.124. The molecular weight excluding hydrogens is 348 g/mol. The van der Waals surface area contributed by atoms with Crippen molar-refractivity contribution in [3.05, 3.63) is 58.6 Å². The second-order valence-electron chi connectivity index (χ2n) is 5.43. The van der Waals surface area contributed by atoms with Gasteiger partial charge in [0.2, 0.25) is 0 Å². The topological polar surface area (TPSA) is 40.1 Å². The SMILES string of the molecule is O=C([O-])CCCSC1Cc2cc(Cl)ccc2Sc2ccccc21. The normalized spacial score (nSPS) is 16.3. The van der Waals surface area contributed by atoms with E-state index in [1.165, 1.54) is 20.9 Å². The van der Waals surface area contributed by atoms with Gasteiger partial charge >= 0.3 is 0 Å². The van der Waals surface area contributed by atoms with Gasteiger partial charge in [0.1, 0.15) is 0 Å². The molecule has 1 heterocycles. The predicted molar refractivity (Wildman–Crippen MR) is 95.2 cm³/mol. The van der Waals surface area contributed by atoms with Gasteiger partial charge < -0.3 is 9.90 Å². The van der Waals surface area contributed by atoms with Crippen LogP contribution in [0.3, 0.4) is 0 Å². The highest BCUT2D eigenvalue weighted by Crippen LogP contribution is 2.46. The maximum absolute atomic E-state index is 10.6. The molecule has 120 valence electrons. The Balaban J connectivity index is 1.83. The summed E-state index contributed by atoms with van der Waals surface area (Å²) >= 11 is 9.76. The Bertz CT molecular complexity index is 718. The Morgan fingerprint density at radius 1 is 1.26 bits per heavy atom. The van der Waals surface area contributed by atoms with Crippen LogP contribution in [-0.4, -0.2) is 11.7 Å². The van der Waals surface area contributed by atoms with E-state index < -0.39 is 5.97 Å². The molecule has 1 unspecified atom stereocenters. The molecule has 0 radical (unpaired) electrons. The van der Waals surface area contributed by atoms with Gasteiger partial charge in [0.05, 0.1) is 0 Å². The highest BCUT2D eigenvalue weighted by atomic mass is 35.5. The fourth-order valence-corrected chi connectivity index (χ4v) is 5.33. The van der Waals surface area contributed by atoms with E-state index in [2.05, 4.69) is 30.3 Å². The number of carboxylic acid groups (broad SMARTS) is 1. The van der Waals surface area contributed by atoms with Gasteiger partial charge in [-0.15, -0.1) is 0 Å². The van der Waals surface area contributed by atoms with Crippen LogP contribution in [0.4, 0.5) is 0 Å². The number of carbonyl (C=O) groups excluding carboxylic acids is 1. The number of fused-ring (bicyclic) bond motifs is 2. The first-order valence-electron chi connectivity index (χ1n) is 7.50. The molecule has 1 atom stereocenters. The lowest BCUT2D eigenvalue weighted by Gasteiger charge is -2.17. The lowest BCUT2D eigenvalue weighted by atomic mass is 10.0. The number of carbonyl (C=O) groups is 1. The van der Waals surface area contributed by atoms with Crippen molar-refractivity contribution in [2.45, 2.75) is 34.3 Å². The number of hydrogen-bond donors (Lipinski definition) is 0. The maximum Gasteiger partial charge on any atom is 0.0414 e. The van der Waals surface area contributed by atoms with Crippen molar-refractivity contribution in [2.75, 3.05) is 5.75 Å². The summed E-state index contributed by atoms with van der Waals surface area (Å²) in [6.07, 6.45) is 1.68. The molecule has 1 aliphatic heterocycles. The van der Waals surface area contributed by atoms with Crippen LogP contribution in [0.5, 0.6) is 0 Å². The maximum atomic E-state index is 10.6. The van der Waals surface area contributed by atoms with Crippen LogP contribution in [0.25, 0.3) is 0 Å². The van der Waals surface area contributed by atoms with E-state index in [1.54, 1.807) is 11.8 Å². The van der Waals surface area contributed by atoms with E-state index in [9.17, 15) is 9.90 Å². The highest BCUT2D eigenvalue weighted by molar-refractivity contribution is 8.00. The number of carboxylic acids is 1. The summed E-state index contributed by atoms with van der Waals surface area (Å²) in [4.78, 5) is 13.1. The molecule has 0 saturated heterocycles. The molecule has 0 spiro atoms. The molecular formula is C18H16ClO2S2-. The molecule has 0 bridgehead atoms. The minimum Gasteiger partial charge on any atom is -0.550 e. The van der Waals surface area contributed by atoms with Crippen molar-refractivity contribution >= 4 is 41.1 Å². The number of halogens is 1. The Hall–Kier alpha value is -1.10. The van der Waals surface area contributed by atoms with Gasteiger partial charge in [0, 0.05) is 26.0 Å². The average Bonchev–Trinajstić information content (AvgIpc) is 2.68. The fourth-order valence-electron chi connectivity index (χ4n) is 2.67. The Labute approximate surface area is 149 Å². The number of rotatable bonds is 5. The third-order valence-electron chi connectivity index (χ3n) is 3.76. The van der Waals surface area contributed by atoms with Crippen LogP contribution in [-0.2, 0) is 11.2 Å². The average molecular weight is 364 g/mol. The van der Waals surface area contributed by atoms with Crippen molar-refractivity contribution in [1.82, 2.24) is 0 Å². The summed E-state index contributed by atoms with van der Waals surface area (Å²) in [5.41, 5.74) is 2.58. The minimum atomic E-state index is -0.973. The first-order valence-corrected chi connectivity index (χ1v) is 9.74. The van der Waals surface area contributed by atoms with Crippen molar-refractivity contribution in [2.24, 2.45) is 0 Å². The smallest absolute Gasteiger partial charge is 0.0414 e. The van der Waals surface area contributed by atoms with Crippen LogP contribution in [0.15, 0.2) is 52.3 Å². The fraction of sp³-hybridized carbons (Fsp3) is 0.278. The zero-order valence-electron chi connectivity index (χ0n) is 12.5. The summed E-state index contributed by atoms with van der Waals surface area (Å²) in [7, 11) is 0. The van der Waals surface area contributed by atoms with Gasteiger partial charge in [0.25, 0.3) is 0 Å². The lowest BCUT2D eigenvalue weighted by molar-refractivity contribution is -0.305. The molecule has 0 aromatic heterocycles. The third-order valence-corrected chi connectivity index (χ3v) is 6.55. The molecule has 1 aliphatic rings. The number of aliphatic carboxylic acids is 1. The van der Waals surface area contributed by atoms with Gasteiger partial charge in [-0.2, -0.15) is 11.8 Å². The van der Waals surface area contributed by atoms with Gasteiger partial charge in [-0.05, 0) is 60.4 Å². The highest BCUT2D eigenvalue weighted by Gasteiger charge is 2.22. The van der Waals surface area contributed by atoms with E-state index in [4.69, 9.17) is 11.6 Å². The Morgan fingerprint density at radius 3 is 2.91 bits per heavy atom. The zero-order valence-corrected chi connectivity index (χ0v) is 14.8. The molecule has 2 aromatic carbocycles. The Morgan fingerprint density at radius 2 is 2.09 bits per heavy atom. The quantitative estimate of drug-likeness (QED) is 0.740. The van der Waals surface area contributed by atoms with Crippen LogP contribution in [0.2, 0.25) is 5.02 Å². The molecule has 0 saturated carbocycles. The molecule has 2 nitrogen and oxygen atoms in total. The monoisotopic (exact) mass is 363 g/mol. The zero-order chi connectivity index (χ0) is 16.2. The van der Waals surface area contributed by atoms with Crippen LogP contribution in [0.1, 0.15) is 29.2 Å². The molecule has 5 heteroatoms. The predicted octanol–water partition coefficient (Wildman–Crippen LogP) is 4.35. The molecule has 0 amide bonds. The Kier molecular flexibility index (Phi) is 5.57. The van der Waals surface area contributed by atoms with Crippen molar-refractivity contribution in [3.8, 4) is 0 Å². The third kappa shape index (κ3) is 4.25. The second kappa shape index (κ2) is 7.65. The van der Waals surface area contributed by atoms with E-state index >= 15 is 0 Å². The van der Waals surface area contributed by atoms with Gasteiger partial charge in [0.15, 0.2) is 0 Å². The number of thioether (sulfide) groups is 1. The molecule has 23 heavy (non-hydrogen) atoms. The number of hydrogen-bond acceptors (Lipinski definition) is 4. The first-order chi connectivity index (χ1) is 11.1. The van der Waals surface area contributed by atoms with Gasteiger partial charge in [-0.1, -0.05) is 41.6 Å². The second-order valence-corrected chi connectivity index (χ2v) is 8.26. The standard InChI is InChI=1S/C18H17ClO2S2/c19-13-7-8-15-12(10-13)11-17(22-9-3-6-18(20)21)14-4-1-2-5-16(14)23-15/h1-2,4-5,7-8,10,17H,3,6,9,11H2,(H,20,21)/p-1. The van der Waals surface area contributed by atoms with Crippen molar-refractivity contribution in [1.29, 1.82) is 0 Å². The number of benzene rings is 2. The van der Waals surface area contributed by atoms with Crippen LogP contribution in [0, 0.1) is 0 Å². The first kappa shape index (κ1) is 16.7. The summed E-state index contributed by atoms with van der Waals surface area (Å²) in [5.74, 6) is -0.160. The molecule has 0 fully saturated rings. The largest absolute Gasteiger partial charge is 0.550 e. The summed E-state index contributed by atoms with van der Waals surface area (Å²) < 4.78 is 0. The molecule has 0 N–H and O–H groups in total. The van der Waals surface area contributed by atoms with Crippen LogP contribution >= 0.6 is 35.1 Å². The molecule has 2 aromatic rings. The van der Waals surface area contributed by atoms with E-state index in [0.717, 1.165) is 17.2 Å². The van der Waals surface area contributed by atoms with E-state index in [1.807, 2.05) is 23.9 Å². The summed E-state index contributed by atoms with van der Waals surface area (Å²) in [6.45, 7) is 0. The molecule has 0 aliphatic carbocycles. The van der Waals surface area contributed by atoms with Crippen molar-refractivity contribution in [3.63, 3.8) is 0 Å². The van der Waals surface area contributed by atoms with Crippen LogP contribution < -0.4 is 5.11 Å². The summed E-state index contributed by atoms with van der Waals surface area (Å²) in [6, 6.07) is 14.5. The van der Waals surface area contributed by atoms with E-state index in [-0.39, 0.29) is 6.42 Å². The molecule has 3 rings (SSSR count). The van der Waals surface area contributed by atoms with Crippen molar-refractivity contribution < 1.29 is 9.90 Å². The van der Waals surface area contributed by atoms with E-state index in [0.29, 0.717) is 11.7 Å². The van der Waals surface area contributed by atoms with Gasteiger partial charge in [-0.25, -0.2) is 0 Å². The van der Waals surface area contributed by atoms with Gasteiger partial charge in [-0.3, -0.25) is 0 Å². The summed E-state index contributed by atoms with van der Waals surface area (Å²) in [5, 5.41) is 11.6. The lowest BCUT2D eigenvalue weighted by Crippen LogP contribution is -2.21.